The molecule has 40 heavy (non-hydrogen) atoms. The van der Waals surface area contributed by atoms with E-state index in [1.165, 1.54) is 18.4 Å². The number of ether oxygens (including phenoxy) is 2. The summed E-state index contributed by atoms with van der Waals surface area (Å²) in [5.74, 6) is 0.903. The smallest absolute Gasteiger partial charge is 0.266 e. The van der Waals surface area contributed by atoms with Gasteiger partial charge in [0.15, 0.2) is 0 Å². The second-order valence-corrected chi connectivity index (χ2v) is 9.87. The van der Waals surface area contributed by atoms with Gasteiger partial charge in [0.2, 0.25) is 0 Å². The second kappa shape index (κ2) is 13.9. The van der Waals surface area contributed by atoms with Crippen molar-refractivity contribution in [2.45, 2.75) is 52.0 Å². The second-order valence-electron chi connectivity index (χ2n) is 9.87. The minimum atomic E-state index is -0.492. The number of para-hydroxylation sites is 3. The van der Waals surface area contributed by atoms with Crippen LogP contribution < -0.4 is 10.3 Å². The molecule has 0 N–H and O–H groups in total. The number of nitrogens with zero attached hydrogens (tertiary/aromatic N) is 3. The van der Waals surface area contributed by atoms with Crippen LogP contribution in [0.5, 0.6) is 5.75 Å². The Morgan fingerprint density at radius 2 is 1.68 bits per heavy atom. The first kappa shape index (κ1) is 29.0. The van der Waals surface area contributed by atoms with Gasteiger partial charge in [0.25, 0.3) is 11.5 Å². The summed E-state index contributed by atoms with van der Waals surface area (Å²) in [7, 11) is 3.20. The van der Waals surface area contributed by atoms with Gasteiger partial charge in [0, 0.05) is 19.2 Å². The summed E-state index contributed by atoms with van der Waals surface area (Å²) in [6.45, 7) is 4.89. The van der Waals surface area contributed by atoms with Gasteiger partial charge in [-0.1, -0.05) is 63.1 Å². The van der Waals surface area contributed by atoms with Crippen molar-refractivity contribution in [2.75, 3.05) is 27.4 Å². The van der Waals surface area contributed by atoms with Crippen molar-refractivity contribution in [3.8, 4) is 11.4 Å². The largest absolute Gasteiger partial charge is 0.495 e. The number of aromatic nitrogens is 2. The van der Waals surface area contributed by atoms with E-state index < -0.39 is 6.04 Å². The average Bonchev–Trinajstić information content (AvgIpc) is 2.99. The predicted molar refractivity (Wildman–Crippen MR) is 160 cm³/mol. The van der Waals surface area contributed by atoms with Gasteiger partial charge < -0.3 is 14.4 Å². The van der Waals surface area contributed by atoms with Crippen LogP contribution >= 0.6 is 0 Å². The van der Waals surface area contributed by atoms with Crippen LogP contribution in [0.1, 0.15) is 67.3 Å². The van der Waals surface area contributed by atoms with Crippen LogP contribution in [0.2, 0.25) is 0 Å². The molecule has 0 bridgehead atoms. The number of benzene rings is 3. The van der Waals surface area contributed by atoms with Crippen LogP contribution in [0.4, 0.5) is 0 Å². The molecule has 4 aromatic rings. The fraction of sp³-hybridized carbons (Fsp3) is 0.364. The molecule has 0 aliphatic heterocycles. The van der Waals surface area contributed by atoms with Gasteiger partial charge in [0.1, 0.15) is 11.6 Å². The summed E-state index contributed by atoms with van der Waals surface area (Å²) in [6, 6.07) is 22.1. The van der Waals surface area contributed by atoms with Gasteiger partial charge in [0.05, 0.1) is 36.3 Å². The van der Waals surface area contributed by atoms with Crippen molar-refractivity contribution in [3.05, 3.63) is 100 Å². The summed E-state index contributed by atoms with van der Waals surface area (Å²) in [4.78, 5) is 34.8. The van der Waals surface area contributed by atoms with Gasteiger partial charge >= 0.3 is 0 Å². The zero-order valence-corrected chi connectivity index (χ0v) is 23.9. The maximum Gasteiger partial charge on any atom is 0.266 e. The zero-order chi connectivity index (χ0) is 28.5. The molecular weight excluding hydrogens is 502 g/mol. The first-order valence-electron chi connectivity index (χ1n) is 14.1. The van der Waals surface area contributed by atoms with Gasteiger partial charge in [-0.3, -0.25) is 14.2 Å². The first-order chi connectivity index (χ1) is 19.5. The van der Waals surface area contributed by atoms with Gasteiger partial charge in [-0.2, -0.15) is 0 Å². The van der Waals surface area contributed by atoms with E-state index in [-0.39, 0.29) is 11.5 Å². The molecule has 3 aromatic carbocycles. The van der Waals surface area contributed by atoms with Crippen LogP contribution in [-0.4, -0.2) is 47.7 Å². The fourth-order valence-corrected chi connectivity index (χ4v) is 5.11. The Labute approximate surface area is 236 Å². The number of methoxy groups -OCH3 is 2. The summed E-state index contributed by atoms with van der Waals surface area (Å²) in [5, 5.41) is 0.500. The van der Waals surface area contributed by atoms with Crippen molar-refractivity contribution in [2.24, 2.45) is 0 Å². The van der Waals surface area contributed by atoms with E-state index in [4.69, 9.17) is 14.5 Å². The van der Waals surface area contributed by atoms with Crippen molar-refractivity contribution < 1.29 is 14.3 Å². The Morgan fingerprint density at radius 3 is 2.38 bits per heavy atom. The van der Waals surface area contributed by atoms with Crippen LogP contribution in [0.3, 0.4) is 0 Å². The highest BCUT2D eigenvalue weighted by atomic mass is 16.5. The normalized spacial score (nSPS) is 11.9. The number of carbonyl (C=O) groups excluding carboxylic acids is 1. The molecular formula is C33H39N3O4. The lowest BCUT2D eigenvalue weighted by Crippen LogP contribution is -2.40. The lowest BCUT2D eigenvalue weighted by Gasteiger charge is -2.32. The molecule has 4 rings (SSSR count). The number of carbonyl (C=O) groups is 1. The monoisotopic (exact) mass is 541 g/mol. The fourth-order valence-electron chi connectivity index (χ4n) is 5.11. The third-order valence-corrected chi connectivity index (χ3v) is 7.26. The molecule has 0 fully saturated rings. The zero-order valence-electron chi connectivity index (χ0n) is 23.9. The maximum absolute atomic E-state index is 14.0. The van der Waals surface area contributed by atoms with Crippen molar-refractivity contribution in [3.63, 3.8) is 0 Å². The SMILES string of the molecule is CCCCCc1ccc(C(=O)N(CCOC)C(CC)c2nc3ccccc3c(=O)n2-c2ccccc2OC)cc1. The van der Waals surface area contributed by atoms with E-state index in [2.05, 4.69) is 6.92 Å². The number of rotatable bonds is 13. The molecule has 1 aromatic heterocycles. The maximum atomic E-state index is 14.0. The summed E-state index contributed by atoms with van der Waals surface area (Å²) in [5.41, 5.74) is 2.78. The quantitative estimate of drug-likeness (QED) is 0.184. The van der Waals surface area contributed by atoms with Crippen molar-refractivity contribution >= 4 is 16.8 Å². The molecule has 1 atom stereocenters. The molecule has 1 unspecified atom stereocenters. The Bertz CT molecular complexity index is 1480. The van der Waals surface area contributed by atoms with E-state index in [1.54, 1.807) is 29.8 Å². The summed E-state index contributed by atoms with van der Waals surface area (Å²) >= 11 is 0. The summed E-state index contributed by atoms with van der Waals surface area (Å²) < 4.78 is 12.6. The van der Waals surface area contributed by atoms with Crippen LogP contribution in [-0.2, 0) is 11.2 Å². The van der Waals surface area contributed by atoms with Crippen molar-refractivity contribution in [1.82, 2.24) is 14.5 Å². The molecule has 0 aliphatic rings. The highest BCUT2D eigenvalue weighted by Crippen LogP contribution is 2.30. The molecule has 7 nitrogen and oxygen atoms in total. The van der Waals surface area contributed by atoms with E-state index in [9.17, 15) is 9.59 Å². The van der Waals surface area contributed by atoms with E-state index in [0.717, 1.165) is 12.8 Å². The Morgan fingerprint density at radius 1 is 0.950 bits per heavy atom. The molecule has 0 radical (unpaired) electrons. The van der Waals surface area contributed by atoms with Crippen LogP contribution in [0, 0.1) is 0 Å². The topological polar surface area (TPSA) is 73.7 Å². The number of hydrogen-bond acceptors (Lipinski definition) is 5. The van der Waals surface area contributed by atoms with Gasteiger partial charge in [-0.05, 0) is 61.2 Å². The lowest BCUT2D eigenvalue weighted by atomic mass is 10.0. The molecule has 0 aliphatic carbocycles. The lowest BCUT2D eigenvalue weighted by molar-refractivity contribution is 0.0579. The number of unbranched alkanes of at least 4 members (excludes halogenated alkanes) is 2. The molecule has 0 saturated carbocycles. The molecule has 7 heteroatoms. The van der Waals surface area contributed by atoms with Gasteiger partial charge in [-0.15, -0.1) is 0 Å². The van der Waals surface area contributed by atoms with E-state index in [0.29, 0.717) is 53.3 Å². The Hall–Kier alpha value is -3.97. The molecule has 1 heterocycles. The Balaban J connectivity index is 1.84. The minimum Gasteiger partial charge on any atom is -0.495 e. The van der Waals surface area contributed by atoms with Crippen LogP contribution in [0.15, 0.2) is 77.6 Å². The molecule has 1 amide bonds. The van der Waals surface area contributed by atoms with E-state index >= 15 is 0 Å². The minimum absolute atomic E-state index is 0.127. The van der Waals surface area contributed by atoms with E-state index in [1.807, 2.05) is 73.7 Å². The first-order valence-corrected chi connectivity index (χ1v) is 14.1. The van der Waals surface area contributed by atoms with Crippen LogP contribution in [0.25, 0.3) is 16.6 Å². The number of fused-ring (bicyclic) bond motifs is 1. The average molecular weight is 542 g/mol. The summed E-state index contributed by atoms with van der Waals surface area (Å²) in [6.07, 6.45) is 5.04. The highest BCUT2D eigenvalue weighted by molar-refractivity contribution is 5.94. The third-order valence-electron chi connectivity index (χ3n) is 7.26. The van der Waals surface area contributed by atoms with Gasteiger partial charge in [-0.25, -0.2) is 4.98 Å². The number of aryl methyl sites for hydroxylation is 1. The number of amides is 1. The standard InChI is InChI=1S/C33H39N3O4/c1-5-7-8-13-24-18-20-25(21-19-24)32(37)35(22-23-39-3)28(6-2)31-34-27-15-10-9-14-26(27)33(38)36(31)29-16-11-12-17-30(29)40-4/h9-12,14-21,28H,5-8,13,22-23H2,1-4H3. The van der Waals surface area contributed by atoms with Crippen molar-refractivity contribution in [1.29, 1.82) is 0 Å². The predicted octanol–water partition coefficient (Wildman–Crippen LogP) is 6.37. The number of hydrogen-bond donors (Lipinski definition) is 0. The molecule has 0 saturated heterocycles. The molecule has 210 valence electrons. The highest BCUT2D eigenvalue weighted by Gasteiger charge is 2.30. The third kappa shape index (κ3) is 6.26. The molecule has 0 spiro atoms. The Kier molecular flexibility index (Phi) is 10.1.